The van der Waals surface area contributed by atoms with Crippen LogP contribution in [0.1, 0.15) is 56.9 Å². The van der Waals surface area contributed by atoms with E-state index >= 15 is 0 Å². The van der Waals surface area contributed by atoms with Crippen LogP contribution in [0, 0.1) is 28.6 Å². The lowest BCUT2D eigenvalue weighted by Crippen LogP contribution is -2.25. The Hall–Kier alpha value is -1.80. The van der Waals surface area contributed by atoms with Crippen LogP contribution >= 0.6 is 0 Å². The molecule has 0 aromatic heterocycles. The summed E-state index contributed by atoms with van der Waals surface area (Å²) in [6.45, 7) is 0. The van der Waals surface area contributed by atoms with Crippen LogP contribution in [0.2, 0.25) is 0 Å². The molecule has 0 spiro atoms. The van der Waals surface area contributed by atoms with Crippen molar-refractivity contribution < 1.29 is 0 Å². The van der Waals surface area contributed by atoms with Crippen molar-refractivity contribution in [1.29, 1.82) is 10.5 Å². The Bertz CT molecular complexity index is 488. The highest BCUT2D eigenvalue weighted by atomic mass is 14.4. The van der Waals surface area contributed by atoms with Crippen LogP contribution in [0.15, 0.2) is 30.3 Å². The second-order valence-electron chi connectivity index (χ2n) is 5.91. The summed E-state index contributed by atoms with van der Waals surface area (Å²) in [6, 6.07) is 14.8. The molecule has 20 heavy (non-hydrogen) atoms. The van der Waals surface area contributed by atoms with Crippen molar-refractivity contribution in [1.82, 2.24) is 0 Å². The molecule has 1 aromatic carbocycles. The molecule has 1 saturated carbocycles. The molecule has 1 aliphatic carbocycles. The van der Waals surface area contributed by atoms with Crippen LogP contribution in [0.3, 0.4) is 0 Å². The fourth-order valence-electron chi connectivity index (χ4n) is 3.37. The van der Waals surface area contributed by atoms with Crippen LogP contribution in [-0.2, 0) is 5.41 Å². The Balaban J connectivity index is 2.14. The summed E-state index contributed by atoms with van der Waals surface area (Å²) in [4.78, 5) is 0. The highest BCUT2D eigenvalue weighted by Gasteiger charge is 2.32. The Morgan fingerprint density at radius 2 is 1.75 bits per heavy atom. The third-order valence-corrected chi connectivity index (χ3v) is 4.66. The highest BCUT2D eigenvalue weighted by molar-refractivity contribution is 5.32. The third kappa shape index (κ3) is 3.40. The number of nitriles is 2. The van der Waals surface area contributed by atoms with Gasteiger partial charge in [-0.1, -0.05) is 56.0 Å². The molecular formula is C18H22N2. The SMILES string of the molecule is N#CCCC(C#N)(CCC1CCCC1)c1ccccc1. The first-order chi connectivity index (χ1) is 9.80. The zero-order valence-corrected chi connectivity index (χ0v) is 12.0. The molecule has 0 radical (unpaired) electrons. The molecule has 2 nitrogen and oxygen atoms in total. The van der Waals surface area contributed by atoms with E-state index in [1.54, 1.807) is 0 Å². The largest absolute Gasteiger partial charge is 0.198 e. The fraction of sp³-hybridized carbons (Fsp3) is 0.556. The Labute approximate surface area is 122 Å². The second kappa shape index (κ2) is 7.11. The number of hydrogen-bond donors (Lipinski definition) is 0. The van der Waals surface area contributed by atoms with Gasteiger partial charge in [-0.15, -0.1) is 0 Å². The molecule has 2 heteroatoms. The van der Waals surface area contributed by atoms with Gasteiger partial charge in [-0.25, -0.2) is 0 Å². The van der Waals surface area contributed by atoms with Crippen molar-refractivity contribution in [2.24, 2.45) is 5.92 Å². The van der Waals surface area contributed by atoms with Crippen LogP contribution < -0.4 is 0 Å². The molecule has 0 aliphatic heterocycles. The topological polar surface area (TPSA) is 47.6 Å². The van der Waals surface area contributed by atoms with Gasteiger partial charge in [0.1, 0.15) is 0 Å². The molecule has 1 fully saturated rings. The van der Waals surface area contributed by atoms with Crippen LogP contribution in [0.25, 0.3) is 0 Å². The zero-order valence-electron chi connectivity index (χ0n) is 12.0. The minimum absolute atomic E-state index is 0.452. The molecule has 104 valence electrons. The number of rotatable bonds is 6. The molecule has 0 saturated heterocycles. The first-order valence-electron chi connectivity index (χ1n) is 7.64. The van der Waals surface area contributed by atoms with Crippen LogP contribution in [0.5, 0.6) is 0 Å². The van der Waals surface area contributed by atoms with Gasteiger partial charge in [0.05, 0.1) is 17.6 Å². The minimum Gasteiger partial charge on any atom is -0.198 e. The quantitative estimate of drug-likeness (QED) is 0.747. The summed E-state index contributed by atoms with van der Waals surface area (Å²) in [6.07, 6.45) is 8.42. The monoisotopic (exact) mass is 266 g/mol. The van der Waals surface area contributed by atoms with E-state index in [-0.39, 0.29) is 0 Å². The molecular weight excluding hydrogens is 244 g/mol. The van der Waals surface area contributed by atoms with E-state index in [1.807, 2.05) is 30.3 Å². The van der Waals surface area contributed by atoms with E-state index in [4.69, 9.17) is 5.26 Å². The maximum absolute atomic E-state index is 9.77. The Kier molecular flexibility index (Phi) is 5.19. The first-order valence-corrected chi connectivity index (χ1v) is 7.64. The maximum Gasteiger partial charge on any atom is 0.0832 e. The van der Waals surface area contributed by atoms with Crippen LogP contribution in [-0.4, -0.2) is 0 Å². The summed E-state index contributed by atoms with van der Waals surface area (Å²) in [5.41, 5.74) is 0.607. The standard InChI is InChI=1S/C18H22N2/c19-14-6-12-18(15-20,17-9-2-1-3-10-17)13-11-16-7-4-5-8-16/h1-3,9-10,16H,4-8,11-13H2. The molecule has 0 N–H and O–H groups in total. The molecule has 2 rings (SSSR count). The zero-order chi connectivity index (χ0) is 14.3. The van der Waals surface area contributed by atoms with Gasteiger partial charge >= 0.3 is 0 Å². The average molecular weight is 266 g/mol. The predicted molar refractivity (Wildman–Crippen MR) is 79.8 cm³/mol. The van der Waals surface area contributed by atoms with Crippen LogP contribution in [0.4, 0.5) is 0 Å². The van der Waals surface area contributed by atoms with Gasteiger partial charge in [0.25, 0.3) is 0 Å². The Morgan fingerprint density at radius 1 is 1.05 bits per heavy atom. The summed E-state index contributed by atoms with van der Waals surface area (Å²) in [5, 5.41) is 18.7. The van der Waals surface area contributed by atoms with Gasteiger partial charge in [0, 0.05) is 6.42 Å². The van der Waals surface area contributed by atoms with E-state index in [0.717, 1.165) is 24.3 Å². The van der Waals surface area contributed by atoms with Crippen molar-refractivity contribution in [3.8, 4) is 12.1 Å². The van der Waals surface area contributed by atoms with Gasteiger partial charge in [0.2, 0.25) is 0 Å². The summed E-state index contributed by atoms with van der Waals surface area (Å²) in [5.74, 6) is 0.786. The number of nitrogens with zero attached hydrogens (tertiary/aromatic N) is 2. The lowest BCUT2D eigenvalue weighted by Gasteiger charge is -2.27. The minimum atomic E-state index is -0.473. The molecule has 1 unspecified atom stereocenters. The second-order valence-corrected chi connectivity index (χ2v) is 5.91. The number of hydrogen-bond acceptors (Lipinski definition) is 2. The van der Waals surface area contributed by atoms with Crippen molar-refractivity contribution in [3.63, 3.8) is 0 Å². The smallest absolute Gasteiger partial charge is 0.0832 e. The maximum atomic E-state index is 9.77. The van der Waals surface area contributed by atoms with Crippen molar-refractivity contribution in [2.75, 3.05) is 0 Å². The molecule has 0 amide bonds. The summed E-state index contributed by atoms with van der Waals surface area (Å²) in [7, 11) is 0. The summed E-state index contributed by atoms with van der Waals surface area (Å²) >= 11 is 0. The van der Waals surface area contributed by atoms with Gasteiger partial charge in [-0.05, 0) is 30.7 Å². The Morgan fingerprint density at radius 3 is 2.35 bits per heavy atom. The molecule has 0 heterocycles. The van der Waals surface area contributed by atoms with E-state index in [2.05, 4.69) is 12.1 Å². The van der Waals surface area contributed by atoms with E-state index < -0.39 is 5.41 Å². The average Bonchev–Trinajstić information content (AvgIpc) is 3.02. The summed E-state index contributed by atoms with van der Waals surface area (Å²) < 4.78 is 0. The highest BCUT2D eigenvalue weighted by Crippen LogP contribution is 2.38. The lowest BCUT2D eigenvalue weighted by molar-refractivity contribution is 0.388. The molecule has 1 aromatic rings. The van der Waals surface area contributed by atoms with Crippen molar-refractivity contribution in [3.05, 3.63) is 35.9 Å². The van der Waals surface area contributed by atoms with Gasteiger partial charge in [-0.2, -0.15) is 10.5 Å². The predicted octanol–water partition coefficient (Wildman–Crippen LogP) is 4.72. The van der Waals surface area contributed by atoms with Gasteiger partial charge in [0.15, 0.2) is 0 Å². The normalized spacial score (nSPS) is 18.1. The van der Waals surface area contributed by atoms with Gasteiger partial charge < -0.3 is 0 Å². The van der Waals surface area contributed by atoms with E-state index in [0.29, 0.717) is 12.8 Å². The molecule has 1 atom stereocenters. The fourth-order valence-corrected chi connectivity index (χ4v) is 3.37. The third-order valence-electron chi connectivity index (χ3n) is 4.66. The molecule has 1 aliphatic rings. The number of benzene rings is 1. The van der Waals surface area contributed by atoms with E-state index in [9.17, 15) is 5.26 Å². The first kappa shape index (κ1) is 14.6. The van der Waals surface area contributed by atoms with Crippen molar-refractivity contribution >= 4 is 0 Å². The van der Waals surface area contributed by atoms with E-state index in [1.165, 1.54) is 25.7 Å². The molecule has 0 bridgehead atoms. The lowest BCUT2D eigenvalue weighted by atomic mass is 9.73. The van der Waals surface area contributed by atoms with Crippen molar-refractivity contribution in [2.45, 2.75) is 56.8 Å². The van der Waals surface area contributed by atoms with Gasteiger partial charge in [-0.3, -0.25) is 0 Å².